The lowest BCUT2D eigenvalue weighted by atomic mass is 10.1. The molecule has 0 saturated carbocycles. The molecule has 0 amide bonds. The van der Waals surface area contributed by atoms with E-state index in [1.807, 2.05) is 35.0 Å². The minimum atomic E-state index is 0.583. The fourth-order valence-corrected chi connectivity index (χ4v) is 5.37. The van der Waals surface area contributed by atoms with Gasteiger partial charge in [-0.2, -0.15) is 0 Å². The maximum Gasteiger partial charge on any atom is 0.180 e. The number of rotatable bonds is 6. The average molecular weight is 514 g/mol. The molecule has 5 heterocycles. The number of nitrogens with one attached hydrogen (secondary N) is 2. The van der Waals surface area contributed by atoms with E-state index in [0.717, 1.165) is 91.4 Å². The summed E-state index contributed by atoms with van der Waals surface area (Å²) in [6.45, 7) is 7.21. The number of fused-ring (bicyclic) bond motifs is 2. The Morgan fingerprint density at radius 1 is 1.08 bits per heavy atom. The Kier molecular flexibility index (Phi) is 5.90. The first-order valence-corrected chi connectivity index (χ1v) is 13.1. The number of hydrogen-bond donors (Lipinski definition) is 2. The van der Waals surface area contributed by atoms with Crippen LogP contribution < -0.4 is 25.0 Å². The highest BCUT2D eigenvalue weighted by Crippen LogP contribution is 2.35. The van der Waals surface area contributed by atoms with Crippen LogP contribution in [0.15, 0.2) is 55.0 Å². The number of piperazine rings is 1. The maximum atomic E-state index is 5.83. The largest absolute Gasteiger partial charge is 0.495 e. The molecule has 0 atom stereocenters. The van der Waals surface area contributed by atoms with Gasteiger partial charge in [0.25, 0.3) is 0 Å². The SMILES string of the molecule is COc1cc(Nc2nc(-c3ccc4c(c3)NCCO4)cn3ccnc23)ccc1N1CCN(C2COC2)CC1. The molecule has 7 rings (SSSR count). The second-order valence-corrected chi connectivity index (χ2v) is 9.84. The van der Waals surface area contributed by atoms with Crippen LogP contribution in [-0.4, -0.2) is 85.0 Å². The van der Waals surface area contributed by atoms with Gasteiger partial charge in [0.15, 0.2) is 11.5 Å². The van der Waals surface area contributed by atoms with Crippen molar-refractivity contribution in [2.24, 2.45) is 0 Å². The smallest absolute Gasteiger partial charge is 0.180 e. The Hall–Kier alpha value is -4.02. The van der Waals surface area contributed by atoms with E-state index >= 15 is 0 Å². The Morgan fingerprint density at radius 3 is 2.79 bits per heavy atom. The van der Waals surface area contributed by atoms with E-state index in [2.05, 4.69) is 43.6 Å². The van der Waals surface area contributed by atoms with Crippen LogP contribution in [0.3, 0.4) is 0 Å². The molecule has 2 fully saturated rings. The Bertz CT molecular complexity index is 1460. The zero-order valence-corrected chi connectivity index (χ0v) is 21.4. The predicted molar refractivity (Wildman–Crippen MR) is 147 cm³/mol. The number of imidazole rings is 1. The molecule has 0 unspecified atom stereocenters. The highest BCUT2D eigenvalue weighted by molar-refractivity contribution is 5.77. The van der Waals surface area contributed by atoms with Crippen molar-refractivity contribution in [2.45, 2.75) is 6.04 Å². The molecule has 2 N–H and O–H groups in total. The number of aromatic nitrogens is 3. The molecule has 2 saturated heterocycles. The van der Waals surface area contributed by atoms with Crippen molar-refractivity contribution in [3.8, 4) is 22.8 Å². The first-order valence-electron chi connectivity index (χ1n) is 13.1. The fraction of sp³-hybridized carbons (Fsp3) is 0.357. The number of ether oxygens (including phenoxy) is 3. The zero-order chi connectivity index (χ0) is 25.5. The summed E-state index contributed by atoms with van der Waals surface area (Å²) in [5, 5.41) is 6.90. The first kappa shape index (κ1) is 23.1. The topological polar surface area (TPSA) is 88.4 Å². The third-order valence-corrected chi connectivity index (χ3v) is 7.56. The van der Waals surface area contributed by atoms with Gasteiger partial charge in [0.05, 0.1) is 43.4 Å². The van der Waals surface area contributed by atoms with Gasteiger partial charge in [0.1, 0.15) is 18.1 Å². The molecule has 38 heavy (non-hydrogen) atoms. The van der Waals surface area contributed by atoms with Crippen LogP contribution in [0.2, 0.25) is 0 Å². The molecular formula is C28H31N7O3. The van der Waals surface area contributed by atoms with Crippen molar-refractivity contribution in [3.05, 3.63) is 55.0 Å². The van der Waals surface area contributed by atoms with E-state index in [0.29, 0.717) is 18.5 Å². The number of nitrogens with zero attached hydrogens (tertiary/aromatic N) is 5. The van der Waals surface area contributed by atoms with E-state index in [1.165, 1.54) is 0 Å². The van der Waals surface area contributed by atoms with E-state index in [9.17, 15) is 0 Å². The maximum absolute atomic E-state index is 5.83. The molecule has 10 heteroatoms. The van der Waals surface area contributed by atoms with Gasteiger partial charge >= 0.3 is 0 Å². The van der Waals surface area contributed by atoms with Gasteiger partial charge in [0, 0.05) is 68.6 Å². The number of benzene rings is 2. The summed E-state index contributed by atoms with van der Waals surface area (Å²) >= 11 is 0. The third-order valence-electron chi connectivity index (χ3n) is 7.56. The minimum Gasteiger partial charge on any atom is -0.495 e. The molecule has 4 aromatic rings. The summed E-state index contributed by atoms with van der Waals surface area (Å²) in [5.74, 6) is 2.39. The Balaban J connectivity index is 1.15. The van der Waals surface area contributed by atoms with Gasteiger partial charge in [-0.1, -0.05) is 0 Å². The molecular weight excluding hydrogens is 482 g/mol. The summed E-state index contributed by atoms with van der Waals surface area (Å²) in [7, 11) is 1.73. The van der Waals surface area contributed by atoms with Crippen molar-refractivity contribution in [2.75, 3.05) is 75.2 Å². The van der Waals surface area contributed by atoms with Crippen molar-refractivity contribution in [1.29, 1.82) is 0 Å². The number of hydrogen-bond acceptors (Lipinski definition) is 9. The Morgan fingerprint density at radius 2 is 1.97 bits per heavy atom. The average Bonchev–Trinajstić information content (AvgIpc) is 3.41. The van der Waals surface area contributed by atoms with Gasteiger partial charge in [-0.3, -0.25) is 4.90 Å². The van der Waals surface area contributed by atoms with Gasteiger partial charge in [-0.05, 0) is 30.3 Å². The number of methoxy groups -OCH3 is 1. The minimum absolute atomic E-state index is 0.583. The molecule has 0 radical (unpaired) electrons. The first-order chi connectivity index (χ1) is 18.7. The van der Waals surface area contributed by atoms with Crippen LogP contribution in [0.25, 0.3) is 16.9 Å². The lowest BCUT2D eigenvalue weighted by molar-refractivity contribution is -0.0660. The van der Waals surface area contributed by atoms with Gasteiger partial charge in [0.2, 0.25) is 0 Å². The lowest BCUT2D eigenvalue weighted by Gasteiger charge is -2.43. The van der Waals surface area contributed by atoms with Crippen LogP contribution in [0.5, 0.6) is 11.5 Å². The molecule has 2 aromatic heterocycles. The number of anilines is 4. The highest BCUT2D eigenvalue weighted by Gasteiger charge is 2.29. The monoisotopic (exact) mass is 513 g/mol. The van der Waals surface area contributed by atoms with Crippen LogP contribution in [-0.2, 0) is 4.74 Å². The van der Waals surface area contributed by atoms with Crippen LogP contribution in [0.1, 0.15) is 0 Å². The van der Waals surface area contributed by atoms with Gasteiger partial charge in [-0.25, -0.2) is 9.97 Å². The third kappa shape index (κ3) is 4.25. The van der Waals surface area contributed by atoms with Crippen LogP contribution >= 0.6 is 0 Å². The second kappa shape index (κ2) is 9.70. The predicted octanol–water partition coefficient (Wildman–Crippen LogP) is 3.47. The molecule has 196 valence electrons. The van der Waals surface area contributed by atoms with E-state index < -0.39 is 0 Å². The summed E-state index contributed by atoms with van der Waals surface area (Å²) < 4.78 is 18.9. The molecule has 0 aliphatic carbocycles. The van der Waals surface area contributed by atoms with Gasteiger partial charge < -0.3 is 34.1 Å². The molecule has 3 aliphatic rings. The summed E-state index contributed by atoms with van der Waals surface area (Å²) in [5.41, 5.74) is 5.59. The zero-order valence-electron chi connectivity index (χ0n) is 21.4. The van der Waals surface area contributed by atoms with Crippen LogP contribution in [0.4, 0.5) is 22.9 Å². The van der Waals surface area contributed by atoms with Gasteiger partial charge in [-0.15, -0.1) is 0 Å². The van der Waals surface area contributed by atoms with E-state index in [4.69, 9.17) is 19.2 Å². The highest BCUT2D eigenvalue weighted by atomic mass is 16.5. The van der Waals surface area contributed by atoms with E-state index in [1.54, 1.807) is 13.3 Å². The summed E-state index contributed by atoms with van der Waals surface area (Å²) in [6, 6.07) is 12.9. The molecule has 0 bridgehead atoms. The Labute approximate surface area is 221 Å². The summed E-state index contributed by atoms with van der Waals surface area (Å²) in [6.07, 6.45) is 5.72. The lowest BCUT2D eigenvalue weighted by Crippen LogP contribution is -2.56. The van der Waals surface area contributed by atoms with Crippen LogP contribution in [0, 0.1) is 0 Å². The quantitative estimate of drug-likeness (QED) is 0.402. The van der Waals surface area contributed by atoms with Crippen molar-refractivity contribution in [1.82, 2.24) is 19.3 Å². The second-order valence-electron chi connectivity index (χ2n) is 9.84. The molecule has 3 aliphatic heterocycles. The van der Waals surface area contributed by atoms with Crippen molar-refractivity contribution < 1.29 is 14.2 Å². The van der Waals surface area contributed by atoms with Crippen molar-refractivity contribution >= 4 is 28.5 Å². The fourth-order valence-electron chi connectivity index (χ4n) is 5.37. The van der Waals surface area contributed by atoms with E-state index in [-0.39, 0.29) is 0 Å². The van der Waals surface area contributed by atoms with Crippen molar-refractivity contribution in [3.63, 3.8) is 0 Å². The molecule has 0 spiro atoms. The normalized spacial score (nSPS) is 17.9. The molecule has 10 nitrogen and oxygen atoms in total. The standard InChI is InChI=1S/C28H31N7O3/c1-36-26-15-20(3-4-24(26)34-11-9-33(10-12-34)21-17-37-18-21)31-27-28-30-6-8-35(28)16-23(32-27)19-2-5-25-22(14-19)29-7-13-38-25/h2-6,8,14-16,21,29H,7,9-13,17-18H2,1H3,(H,31,32). The summed E-state index contributed by atoms with van der Waals surface area (Å²) in [4.78, 5) is 14.4. The molecule has 2 aromatic carbocycles.